The van der Waals surface area contributed by atoms with Gasteiger partial charge in [-0.1, -0.05) is 97.3 Å². The van der Waals surface area contributed by atoms with Gasteiger partial charge in [-0.05, 0) is 95.5 Å². The van der Waals surface area contributed by atoms with E-state index in [2.05, 4.69) is 75.6 Å². The first-order valence-electron chi connectivity index (χ1n) is 17.3. The number of nitriles is 1. The number of nitrogens with one attached hydrogen (secondary N) is 1. The van der Waals surface area contributed by atoms with Crippen LogP contribution in [0.2, 0.25) is 0 Å². The van der Waals surface area contributed by atoms with Crippen LogP contribution in [0, 0.1) is 35.0 Å². The summed E-state index contributed by atoms with van der Waals surface area (Å²) in [7, 11) is 0. The molecule has 5 atom stereocenters. The summed E-state index contributed by atoms with van der Waals surface area (Å²) in [5.41, 5.74) is 9.10. The quantitative estimate of drug-likeness (QED) is 0.246. The van der Waals surface area contributed by atoms with Gasteiger partial charge in [0.05, 0.1) is 16.9 Å². The Morgan fingerprint density at radius 3 is 2.58 bits per heavy atom. The molecule has 3 aliphatic rings. The normalized spacial score (nSPS) is 21.8. The maximum Gasteiger partial charge on any atom is 0.102 e. The van der Waals surface area contributed by atoms with Crippen LogP contribution in [0.3, 0.4) is 0 Å². The van der Waals surface area contributed by atoms with Gasteiger partial charge in [0.2, 0.25) is 0 Å². The SMILES string of the molecule is CCC1C=CNc2c(C#N)c(C(C)CCCC[C@@H](CC)CO)cc(-c3ccc4c(c3)N=CC(C(C)C3CCCCC3)C4)c21. The first-order valence-corrected chi connectivity index (χ1v) is 17.3. The highest BCUT2D eigenvalue weighted by Crippen LogP contribution is 2.46. The van der Waals surface area contributed by atoms with Gasteiger partial charge in [0.1, 0.15) is 6.07 Å². The number of nitrogens with zero attached hydrogens (tertiary/aromatic N) is 2. The largest absolute Gasteiger partial charge is 0.396 e. The molecule has 2 aromatic carbocycles. The van der Waals surface area contributed by atoms with E-state index in [0.717, 1.165) is 73.4 Å². The summed E-state index contributed by atoms with van der Waals surface area (Å²) < 4.78 is 0. The highest BCUT2D eigenvalue weighted by Gasteiger charge is 2.30. The second-order valence-electron chi connectivity index (χ2n) is 13.7. The van der Waals surface area contributed by atoms with Crippen LogP contribution >= 0.6 is 0 Å². The minimum Gasteiger partial charge on any atom is -0.396 e. The van der Waals surface area contributed by atoms with Crippen LogP contribution in [0.5, 0.6) is 0 Å². The van der Waals surface area contributed by atoms with Crippen molar-refractivity contribution < 1.29 is 5.11 Å². The van der Waals surface area contributed by atoms with Crippen LogP contribution in [0.15, 0.2) is 41.5 Å². The number of benzene rings is 2. The predicted octanol–water partition coefficient (Wildman–Crippen LogP) is 10.4. The Morgan fingerprint density at radius 2 is 1.86 bits per heavy atom. The number of aliphatic hydroxyl groups is 1. The Bertz CT molecular complexity index is 1340. The van der Waals surface area contributed by atoms with Crippen molar-refractivity contribution in [1.82, 2.24) is 0 Å². The summed E-state index contributed by atoms with van der Waals surface area (Å²) in [6.45, 7) is 9.40. The molecule has 4 unspecified atom stereocenters. The summed E-state index contributed by atoms with van der Waals surface area (Å²) in [6.07, 6.45) is 20.9. The molecule has 230 valence electrons. The first kappa shape index (κ1) is 31.5. The maximum absolute atomic E-state index is 10.4. The van der Waals surface area contributed by atoms with Crippen LogP contribution in [-0.4, -0.2) is 17.9 Å². The summed E-state index contributed by atoms with van der Waals surface area (Å²) in [5.74, 6) is 3.00. The van der Waals surface area contributed by atoms with Crippen molar-refractivity contribution in [2.75, 3.05) is 11.9 Å². The van der Waals surface area contributed by atoms with E-state index in [1.807, 2.05) is 6.20 Å². The molecule has 4 heteroatoms. The van der Waals surface area contributed by atoms with Gasteiger partial charge in [-0.2, -0.15) is 5.26 Å². The number of hydrogen-bond acceptors (Lipinski definition) is 4. The third-order valence-corrected chi connectivity index (χ3v) is 11.1. The summed E-state index contributed by atoms with van der Waals surface area (Å²) in [4.78, 5) is 5.07. The number of aliphatic hydroxyl groups excluding tert-OH is 1. The van der Waals surface area contributed by atoms with E-state index >= 15 is 0 Å². The fourth-order valence-corrected chi connectivity index (χ4v) is 7.99. The van der Waals surface area contributed by atoms with Crippen molar-refractivity contribution in [3.63, 3.8) is 0 Å². The van der Waals surface area contributed by atoms with E-state index in [0.29, 0.717) is 17.8 Å². The van der Waals surface area contributed by atoms with Gasteiger partial charge in [0.25, 0.3) is 0 Å². The topological polar surface area (TPSA) is 68.4 Å². The number of unbranched alkanes of at least 4 members (excludes halogenated alkanes) is 1. The maximum atomic E-state index is 10.4. The minimum absolute atomic E-state index is 0.271. The zero-order valence-corrected chi connectivity index (χ0v) is 27.0. The average Bonchev–Trinajstić information content (AvgIpc) is 3.06. The average molecular weight is 580 g/mol. The Kier molecular flexibility index (Phi) is 10.8. The van der Waals surface area contributed by atoms with Crippen molar-refractivity contribution in [3.05, 3.63) is 58.8 Å². The van der Waals surface area contributed by atoms with Gasteiger partial charge in [0.15, 0.2) is 0 Å². The number of allylic oxidation sites excluding steroid dienone is 1. The summed E-state index contributed by atoms with van der Waals surface area (Å²) in [6, 6.07) is 11.9. The highest BCUT2D eigenvalue weighted by atomic mass is 16.3. The Balaban J connectivity index is 1.44. The second kappa shape index (κ2) is 14.7. The molecule has 1 fully saturated rings. The number of aliphatic imine (C=N–C) groups is 1. The molecular weight excluding hydrogens is 526 g/mol. The molecule has 0 aromatic heterocycles. The molecule has 1 aliphatic carbocycles. The van der Waals surface area contributed by atoms with Crippen molar-refractivity contribution in [2.45, 2.75) is 117 Å². The van der Waals surface area contributed by atoms with Crippen molar-refractivity contribution in [3.8, 4) is 17.2 Å². The summed E-state index contributed by atoms with van der Waals surface area (Å²) >= 11 is 0. The molecule has 0 amide bonds. The van der Waals surface area contributed by atoms with E-state index in [9.17, 15) is 10.4 Å². The van der Waals surface area contributed by atoms with Gasteiger partial charge in [-0.15, -0.1) is 0 Å². The Labute approximate surface area is 260 Å². The highest BCUT2D eigenvalue weighted by molar-refractivity contribution is 5.85. The molecule has 0 bridgehead atoms. The zero-order chi connectivity index (χ0) is 30.3. The number of anilines is 1. The van der Waals surface area contributed by atoms with Crippen LogP contribution in [0.4, 0.5) is 11.4 Å². The molecule has 5 rings (SSSR count). The molecule has 2 aromatic rings. The van der Waals surface area contributed by atoms with Gasteiger partial charge in [-0.3, -0.25) is 4.99 Å². The molecule has 2 N–H and O–H groups in total. The predicted molar refractivity (Wildman–Crippen MR) is 181 cm³/mol. The zero-order valence-electron chi connectivity index (χ0n) is 27.0. The molecule has 1 saturated carbocycles. The van der Waals surface area contributed by atoms with Crippen molar-refractivity contribution >= 4 is 17.6 Å². The molecule has 2 aliphatic heterocycles. The second-order valence-corrected chi connectivity index (χ2v) is 13.7. The van der Waals surface area contributed by atoms with Crippen molar-refractivity contribution in [2.24, 2.45) is 28.7 Å². The number of hydrogen-bond donors (Lipinski definition) is 2. The third kappa shape index (κ3) is 6.93. The molecule has 2 heterocycles. The van der Waals surface area contributed by atoms with Crippen LogP contribution in [-0.2, 0) is 6.42 Å². The lowest BCUT2D eigenvalue weighted by Crippen LogP contribution is -2.26. The first-order chi connectivity index (χ1) is 21.0. The lowest BCUT2D eigenvalue weighted by molar-refractivity contribution is 0.211. The standard InChI is InChI=1S/C39H53N3O/c1-5-28(25-43)13-11-10-12-26(3)34-22-35(38-29(6-2)18-19-41-39(38)36(34)23-40)31-16-17-32-20-33(24-42-37(32)21-31)27(4)30-14-8-7-9-15-30/h16-19,21-22,24,26-30,33,41,43H,5-15,20,25H2,1-4H3/t26?,27?,28-,29?,33?/m1/s1. The van der Waals surface area contributed by atoms with Gasteiger partial charge >= 0.3 is 0 Å². The van der Waals surface area contributed by atoms with Crippen LogP contribution in [0.25, 0.3) is 11.1 Å². The van der Waals surface area contributed by atoms with Gasteiger partial charge < -0.3 is 10.4 Å². The van der Waals surface area contributed by atoms with E-state index in [-0.39, 0.29) is 18.4 Å². The van der Waals surface area contributed by atoms with Crippen LogP contribution in [0.1, 0.15) is 132 Å². The van der Waals surface area contributed by atoms with E-state index in [1.165, 1.54) is 54.4 Å². The minimum atomic E-state index is 0.271. The molecule has 0 saturated heterocycles. The lowest BCUT2D eigenvalue weighted by atomic mass is 9.73. The van der Waals surface area contributed by atoms with E-state index in [4.69, 9.17) is 4.99 Å². The summed E-state index contributed by atoms with van der Waals surface area (Å²) in [5, 5.41) is 23.5. The Morgan fingerprint density at radius 1 is 1.07 bits per heavy atom. The monoisotopic (exact) mass is 579 g/mol. The Hall–Kier alpha value is -2.90. The van der Waals surface area contributed by atoms with Gasteiger partial charge in [-0.25, -0.2) is 0 Å². The molecule has 43 heavy (non-hydrogen) atoms. The smallest absolute Gasteiger partial charge is 0.102 e. The van der Waals surface area contributed by atoms with E-state index < -0.39 is 0 Å². The molecule has 0 spiro atoms. The van der Waals surface area contributed by atoms with Crippen LogP contribution < -0.4 is 5.32 Å². The lowest BCUT2D eigenvalue weighted by Gasteiger charge is -2.33. The molecular formula is C39H53N3O. The number of fused-ring (bicyclic) bond motifs is 2. The molecule has 4 nitrogen and oxygen atoms in total. The number of rotatable bonds is 12. The van der Waals surface area contributed by atoms with E-state index in [1.54, 1.807) is 0 Å². The fraction of sp³-hybridized carbons (Fsp3) is 0.590. The molecule has 0 radical (unpaired) electrons. The fourth-order valence-electron chi connectivity index (χ4n) is 7.99. The van der Waals surface area contributed by atoms with Crippen molar-refractivity contribution in [1.29, 1.82) is 5.26 Å². The third-order valence-electron chi connectivity index (χ3n) is 11.1. The van der Waals surface area contributed by atoms with Gasteiger partial charge in [0, 0.05) is 24.7 Å².